The van der Waals surface area contributed by atoms with E-state index in [-0.39, 0.29) is 17.7 Å². The minimum Gasteiger partial charge on any atom is -0.342 e. The third-order valence-electron chi connectivity index (χ3n) is 4.07. The summed E-state index contributed by atoms with van der Waals surface area (Å²) in [6.45, 7) is 0. The second-order valence-electron chi connectivity index (χ2n) is 6.03. The summed E-state index contributed by atoms with van der Waals surface area (Å²) >= 11 is 8.90. The first-order valence-electron chi connectivity index (χ1n) is 8.73. The number of benzene rings is 2. The van der Waals surface area contributed by atoms with Gasteiger partial charge in [0.2, 0.25) is 5.91 Å². The SMILES string of the molecule is O=C(CSc1nncn1-c1cccc(Cl)c1)NC(c1ccccc1)c1nccs1. The molecule has 4 aromatic rings. The number of thioether (sulfide) groups is 1. The summed E-state index contributed by atoms with van der Waals surface area (Å²) in [6, 6.07) is 16.9. The number of nitrogens with one attached hydrogen (secondary N) is 1. The van der Waals surface area contributed by atoms with E-state index in [0.29, 0.717) is 10.2 Å². The number of nitrogens with zero attached hydrogens (tertiary/aromatic N) is 4. The number of thiazole rings is 1. The van der Waals surface area contributed by atoms with Gasteiger partial charge in [-0.15, -0.1) is 21.5 Å². The Hall–Kier alpha value is -2.68. The molecule has 1 amide bonds. The number of halogens is 1. The number of hydrogen-bond acceptors (Lipinski definition) is 6. The van der Waals surface area contributed by atoms with Crippen molar-refractivity contribution < 1.29 is 4.79 Å². The summed E-state index contributed by atoms with van der Waals surface area (Å²) in [6.07, 6.45) is 3.35. The Balaban J connectivity index is 1.46. The van der Waals surface area contributed by atoms with Gasteiger partial charge in [-0.1, -0.05) is 59.8 Å². The minimum absolute atomic E-state index is 0.111. The first-order chi connectivity index (χ1) is 14.2. The molecular formula is C20H16ClN5OS2. The van der Waals surface area contributed by atoms with Crippen LogP contribution in [0.25, 0.3) is 5.69 Å². The molecule has 0 saturated heterocycles. The topological polar surface area (TPSA) is 72.7 Å². The maximum Gasteiger partial charge on any atom is 0.231 e. The number of aromatic nitrogens is 4. The number of amides is 1. The van der Waals surface area contributed by atoms with Crippen molar-refractivity contribution >= 4 is 40.6 Å². The molecular weight excluding hydrogens is 426 g/mol. The molecule has 1 atom stereocenters. The van der Waals surface area contributed by atoms with Crippen LogP contribution in [-0.4, -0.2) is 31.4 Å². The molecule has 6 nitrogen and oxygen atoms in total. The number of rotatable bonds is 7. The minimum atomic E-state index is -0.282. The lowest BCUT2D eigenvalue weighted by atomic mass is 10.1. The molecule has 2 aromatic carbocycles. The van der Waals surface area contributed by atoms with E-state index < -0.39 is 0 Å². The Labute approximate surface area is 181 Å². The zero-order chi connectivity index (χ0) is 20.1. The fourth-order valence-electron chi connectivity index (χ4n) is 2.77. The highest BCUT2D eigenvalue weighted by atomic mass is 35.5. The zero-order valence-electron chi connectivity index (χ0n) is 15.1. The quantitative estimate of drug-likeness (QED) is 0.431. The molecule has 0 aliphatic rings. The van der Waals surface area contributed by atoms with E-state index in [1.54, 1.807) is 23.2 Å². The third kappa shape index (κ3) is 4.84. The lowest BCUT2D eigenvalue weighted by molar-refractivity contribution is -0.119. The van der Waals surface area contributed by atoms with Gasteiger partial charge < -0.3 is 5.32 Å². The molecule has 1 unspecified atom stereocenters. The summed E-state index contributed by atoms with van der Waals surface area (Å²) in [4.78, 5) is 17.1. The molecule has 0 aliphatic carbocycles. The highest BCUT2D eigenvalue weighted by molar-refractivity contribution is 7.99. The predicted molar refractivity (Wildman–Crippen MR) is 116 cm³/mol. The molecule has 2 heterocycles. The van der Waals surface area contributed by atoms with Crippen LogP contribution in [-0.2, 0) is 4.79 Å². The van der Waals surface area contributed by atoms with E-state index in [2.05, 4.69) is 20.5 Å². The summed E-state index contributed by atoms with van der Waals surface area (Å²) < 4.78 is 1.80. The Morgan fingerprint density at radius 2 is 2.07 bits per heavy atom. The number of carbonyl (C=O) groups excluding carboxylic acids is 1. The second kappa shape index (κ2) is 9.21. The van der Waals surface area contributed by atoms with Crippen LogP contribution in [0.1, 0.15) is 16.6 Å². The highest BCUT2D eigenvalue weighted by Gasteiger charge is 2.20. The molecule has 9 heteroatoms. The van der Waals surface area contributed by atoms with Crippen LogP contribution in [0.5, 0.6) is 0 Å². The number of hydrogen-bond donors (Lipinski definition) is 1. The molecule has 146 valence electrons. The van der Waals surface area contributed by atoms with Gasteiger partial charge in [0.1, 0.15) is 17.4 Å². The third-order valence-corrected chi connectivity index (χ3v) is 6.09. The lowest BCUT2D eigenvalue weighted by Crippen LogP contribution is -2.30. The van der Waals surface area contributed by atoms with Crippen LogP contribution < -0.4 is 5.32 Å². The Bertz CT molecular complexity index is 1090. The largest absolute Gasteiger partial charge is 0.342 e. The predicted octanol–water partition coefficient (Wildman–Crippen LogP) is 4.38. The maximum atomic E-state index is 12.7. The molecule has 2 aromatic heterocycles. The molecule has 0 aliphatic heterocycles. The van der Waals surface area contributed by atoms with Crippen LogP contribution >= 0.6 is 34.7 Å². The molecule has 0 radical (unpaired) electrons. The van der Waals surface area contributed by atoms with Gasteiger partial charge in [-0.25, -0.2) is 4.98 Å². The average Bonchev–Trinajstić information content (AvgIpc) is 3.43. The van der Waals surface area contributed by atoms with E-state index in [0.717, 1.165) is 16.3 Å². The van der Waals surface area contributed by atoms with Gasteiger partial charge in [-0.05, 0) is 23.8 Å². The van der Waals surface area contributed by atoms with Crippen molar-refractivity contribution in [2.45, 2.75) is 11.2 Å². The van der Waals surface area contributed by atoms with Gasteiger partial charge in [-0.3, -0.25) is 9.36 Å². The van der Waals surface area contributed by atoms with E-state index in [1.807, 2.05) is 53.9 Å². The lowest BCUT2D eigenvalue weighted by Gasteiger charge is -2.17. The summed E-state index contributed by atoms with van der Waals surface area (Å²) in [7, 11) is 0. The molecule has 0 spiro atoms. The molecule has 0 fully saturated rings. The smallest absolute Gasteiger partial charge is 0.231 e. The standard InChI is InChI=1S/C20H16ClN5OS2/c21-15-7-4-8-16(11-15)26-13-23-25-20(26)29-12-17(27)24-18(19-22-9-10-28-19)14-5-2-1-3-6-14/h1-11,13,18H,12H2,(H,24,27). The monoisotopic (exact) mass is 441 g/mol. The van der Waals surface area contributed by atoms with Crippen molar-refractivity contribution in [3.8, 4) is 5.69 Å². The number of carbonyl (C=O) groups is 1. The van der Waals surface area contributed by atoms with E-state index >= 15 is 0 Å². The summed E-state index contributed by atoms with van der Waals surface area (Å²) in [5.74, 6) is 0.0910. The normalized spacial score (nSPS) is 11.9. The van der Waals surface area contributed by atoms with E-state index in [9.17, 15) is 4.79 Å². The van der Waals surface area contributed by atoms with Gasteiger partial charge >= 0.3 is 0 Å². The Morgan fingerprint density at radius 1 is 1.21 bits per heavy atom. The van der Waals surface area contributed by atoms with Gasteiger partial charge in [0.05, 0.1) is 11.4 Å². The van der Waals surface area contributed by atoms with Gasteiger partial charge in [0.25, 0.3) is 0 Å². The van der Waals surface area contributed by atoms with Gasteiger partial charge in [-0.2, -0.15) is 0 Å². The van der Waals surface area contributed by atoms with Crippen LogP contribution in [0.4, 0.5) is 0 Å². The van der Waals surface area contributed by atoms with Crippen molar-refractivity contribution in [1.29, 1.82) is 0 Å². The second-order valence-corrected chi connectivity index (χ2v) is 8.34. The van der Waals surface area contributed by atoms with Crippen LogP contribution in [0, 0.1) is 0 Å². The Morgan fingerprint density at radius 3 is 2.83 bits per heavy atom. The molecule has 0 saturated carbocycles. The van der Waals surface area contributed by atoms with Crippen molar-refractivity contribution in [2.24, 2.45) is 0 Å². The van der Waals surface area contributed by atoms with Crippen molar-refractivity contribution in [3.05, 3.63) is 88.1 Å². The fraction of sp³-hybridized carbons (Fsp3) is 0.100. The van der Waals surface area contributed by atoms with E-state index in [1.165, 1.54) is 23.1 Å². The zero-order valence-corrected chi connectivity index (χ0v) is 17.5. The van der Waals surface area contributed by atoms with Crippen molar-refractivity contribution in [1.82, 2.24) is 25.1 Å². The molecule has 0 bridgehead atoms. The fourth-order valence-corrected chi connectivity index (χ4v) is 4.41. The first-order valence-corrected chi connectivity index (χ1v) is 11.0. The van der Waals surface area contributed by atoms with Crippen LogP contribution in [0.15, 0.2) is 77.7 Å². The van der Waals surface area contributed by atoms with Gasteiger partial charge in [0, 0.05) is 16.6 Å². The summed E-state index contributed by atoms with van der Waals surface area (Å²) in [5, 5.41) is 15.2. The van der Waals surface area contributed by atoms with Crippen molar-refractivity contribution in [2.75, 3.05) is 5.75 Å². The highest BCUT2D eigenvalue weighted by Crippen LogP contribution is 2.25. The first kappa shape index (κ1) is 19.6. The maximum absolute atomic E-state index is 12.7. The Kier molecular flexibility index (Phi) is 6.24. The summed E-state index contributed by atoms with van der Waals surface area (Å²) in [5.41, 5.74) is 1.83. The van der Waals surface area contributed by atoms with Crippen LogP contribution in [0.3, 0.4) is 0 Å². The molecule has 4 rings (SSSR count). The van der Waals surface area contributed by atoms with Gasteiger partial charge in [0.15, 0.2) is 5.16 Å². The van der Waals surface area contributed by atoms with Crippen molar-refractivity contribution in [3.63, 3.8) is 0 Å². The van der Waals surface area contributed by atoms with E-state index in [4.69, 9.17) is 11.6 Å². The van der Waals surface area contributed by atoms with Crippen LogP contribution in [0.2, 0.25) is 5.02 Å². The average molecular weight is 442 g/mol. The molecule has 1 N–H and O–H groups in total. The molecule has 29 heavy (non-hydrogen) atoms.